The molecule has 6 nitrogen and oxygen atoms in total. The number of amides is 2. The van der Waals surface area contributed by atoms with Gasteiger partial charge in [-0.25, -0.2) is 0 Å². The highest BCUT2D eigenvalue weighted by atomic mass is 16.3. The molecule has 1 aromatic rings. The molecule has 0 unspecified atom stereocenters. The number of nitrogens with two attached hydrogens (primary N) is 1. The topological polar surface area (TPSA) is 95.7 Å². The first-order valence-corrected chi connectivity index (χ1v) is 6.49. The van der Waals surface area contributed by atoms with Gasteiger partial charge in [0, 0.05) is 23.8 Å². The second kappa shape index (κ2) is 7.49. The summed E-state index contributed by atoms with van der Waals surface area (Å²) in [6, 6.07) is 6.43. The number of benzene rings is 1. The van der Waals surface area contributed by atoms with E-state index in [1.165, 1.54) is 4.90 Å². The van der Waals surface area contributed by atoms with Gasteiger partial charge in [-0.2, -0.15) is 0 Å². The summed E-state index contributed by atoms with van der Waals surface area (Å²) >= 11 is 0. The number of rotatable bonds is 6. The molecule has 0 saturated carbocycles. The number of nitrogens with one attached hydrogen (secondary N) is 1. The monoisotopic (exact) mass is 279 g/mol. The van der Waals surface area contributed by atoms with Crippen LogP contribution in [0.4, 0.5) is 5.69 Å². The van der Waals surface area contributed by atoms with Crippen LogP contribution in [0.3, 0.4) is 0 Å². The van der Waals surface area contributed by atoms with Crippen molar-refractivity contribution in [2.75, 3.05) is 25.4 Å². The van der Waals surface area contributed by atoms with E-state index < -0.39 is 0 Å². The lowest BCUT2D eigenvalue weighted by Crippen LogP contribution is -2.44. The van der Waals surface area contributed by atoms with Gasteiger partial charge in [0.25, 0.3) is 5.91 Å². The van der Waals surface area contributed by atoms with Crippen LogP contribution in [0.25, 0.3) is 0 Å². The zero-order valence-corrected chi connectivity index (χ0v) is 11.8. The maximum Gasteiger partial charge on any atom is 0.251 e. The molecule has 0 aliphatic carbocycles. The van der Waals surface area contributed by atoms with E-state index in [0.717, 1.165) is 0 Å². The molecule has 20 heavy (non-hydrogen) atoms. The van der Waals surface area contributed by atoms with Gasteiger partial charge >= 0.3 is 0 Å². The number of carbonyl (C=O) groups is 2. The molecule has 2 amide bonds. The minimum Gasteiger partial charge on any atom is -0.399 e. The third-order valence-corrected chi connectivity index (χ3v) is 2.86. The third-order valence-electron chi connectivity index (χ3n) is 2.86. The lowest BCUT2D eigenvalue weighted by Gasteiger charge is -2.26. The van der Waals surface area contributed by atoms with E-state index in [1.807, 2.05) is 13.8 Å². The fourth-order valence-electron chi connectivity index (χ4n) is 1.77. The third kappa shape index (κ3) is 4.55. The summed E-state index contributed by atoms with van der Waals surface area (Å²) < 4.78 is 0. The van der Waals surface area contributed by atoms with Crippen molar-refractivity contribution in [1.29, 1.82) is 0 Å². The van der Waals surface area contributed by atoms with Crippen LogP contribution in [0.2, 0.25) is 0 Å². The zero-order valence-electron chi connectivity index (χ0n) is 11.8. The molecular formula is C14H21N3O3. The Bertz CT molecular complexity index is 457. The predicted molar refractivity (Wildman–Crippen MR) is 77.1 cm³/mol. The lowest BCUT2D eigenvalue weighted by atomic mass is 10.2. The normalized spacial score (nSPS) is 10.4. The van der Waals surface area contributed by atoms with Crippen molar-refractivity contribution in [3.63, 3.8) is 0 Å². The lowest BCUT2D eigenvalue weighted by molar-refractivity contribution is -0.132. The number of carbonyl (C=O) groups excluding carboxylic acids is 2. The number of aliphatic hydroxyl groups is 1. The summed E-state index contributed by atoms with van der Waals surface area (Å²) in [6.45, 7) is 3.77. The zero-order chi connectivity index (χ0) is 15.1. The van der Waals surface area contributed by atoms with Gasteiger partial charge in [0.1, 0.15) is 0 Å². The number of hydrogen-bond donors (Lipinski definition) is 3. The second-order valence-corrected chi connectivity index (χ2v) is 4.71. The van der Waals surface area contributed by atoms with Crippen molar-refractivity contribution >= 4 is 17.5 Å². The molecule has 0 aliphatic rings. The smallest absolute Gasteiger partial charge is 0.251 e. The molecule has 0 radical (unpaired) electrons. The summed E-state index contributed by atoms with van der Waals surface area (Å²) in [5, 5.41) is 11.5. The average molecular weight is 279 g/mol. The molecule has 0 aliphatic heterocycles. The van der Waals surface area contributed by atoms with Gasteiger partial charge in [0.2, 0.25) is 5.91 Å². The van der Waals surface area contributed by atoms with Gasteiger partial charge in [0.15, 0.2) is 0 Å². The number of anilines is 1. The fraction of sp³-hybridized carbons (Fsp3) is 0.429. The Kier molecular flexibility index (Phi) is 5.99. The Morgan fingerprint density at radius 2 is 1.90 bits per heavy atom. The maximum absolute atomic E-state index is 11.9. The number of hydrogen-bond acceptors (Lipinski definition) is 4. The van der Waals surface area contributed by atoms with Crippen LogP contribution in [0.15, 0.2) is 24.3 Å². The van der Waals surface area contributed by atoms with E-state index in [4.69, 9.17) is 10.8 Å². The molecular weight excluding hydrogens is 258 g/mol. The highest BCUT2D eigenvalue weighted by Crippen LogP contribution is 2.05. The number of nitrogen functional groups attached to an aromatic ring is 1. The van der Waals surface area contributed by atoms with Gasteiger partial charge in [-0.15, -0.1) is 0 Å². The van der Waals surface area contributed by atoms with Crippen LogP contribution in [-0.4, -0.2) is 47.6 Å². The average Bonchev–Trinajstić information content (AvgIpc) is 2.42. The van der Waals surface area contributed by atoms with E-state index in [2.05, 4.69) is 5.32 Å². The van der Waals surface area contributed by atoms with Gasteiger partial charge < -0.3 is 21.1 Å². The first-order chi connectivity index (χ1) is 9.45. The van der Waals surface area contributed by atoms with E-state index >= 15 is 0 Å². The summed E-state index contributed by atoms with van der Waals surface area (Å²) in [7, 11) is 0. The van der Waals surface area contributed by atoms with Crippen LogP contribution in [-0.2, 0) is 4.79 Å². The second-order valence-electron chi connectivity index (χ2n) is 4.71. The molecule has 110 valence electrons. The molecule has 0 spiro atoms. The molecule has 0 heterocycles. The van der Waals surface area contributed by atoms with E-state index in [1.54, 1.807) is 24.3 Å². The summed E-state index contributed by atoms with van der Waals surface area (Å²) in [4.78, 5) is 25.3. The fourth-order valence-corrected chi connectivity index (χ4v) is 1.77. The van der Waals surface area contributed by atoms with E-state index in [-0.39, 0.29) is 37.6 Å². The molecule has 4 N–H and O–H groups in total. The molecule has 0 bridgehead atoms. The van der Waals surface area contributed by atoms with E-state index in [0.29, 0.717) is 11.3 Å². The number of nitrogens with zero attached hydrogens (tertiary/aromatic N) is 1. The molecule has 1 aromatic carbocycles. The Balaban J connectivity index is 2.55. The van der Waals surface area contributed by atoms with E-state index in [9.17, 15) is 9.59 Å². The first kappa shape index (κ1) is 16.0. The Morgan fingerprint density at radius 3 is 2.40 bits per heavy atom. The standard InChI is InChI=1S/C14H21N3O3/c1-10(2)17(7-8-18)13(19)9-16-14(20)11-3-5-12(15)6-4-11/h3-6,10,18H,7-9,15H2,1-2H3,(H,16,20). The van der Waals surface area contributed by atoms with Crippen molar-refractivity contribution in [2.45, 2.75) is 19.9 Å². The molecule has 0 saturated heterocycles. The van der Waals surface area contributed by atoms with Gasteiger partial charge in [-0.1, -0.05) is 0 Å². The minimum atomic E-state index is -0.328. The molecule has 0 fully saturated rings. The molecule has 0 aromatic heterocycles. The molecule has 6 heteroatoms. The van der Waals surface area contributed by atoms with Crippen LogP contribution >= 0.6 is 0 Å². The highest BCUT2D eigenvalue weighted by molar-refractivity contribution is 5.96. The van der Waals surface area contributed by atoms with Gasteiger partial charge in [0.05, 0.1) is 13.2 Å². The molecule has 0 atom stereocenters. The van der Waals surface area contributed by atoms with Crippen molar-refractivity contribution in [3.05, 3.63) is 29.8 Å². The Hall–Kier alpha value is -2.08. The van der Waals surface area contributed by atoms with Crippen molar-refractivity contribution in [2.24, 2.45) is 0 Å². The largest absolute Gasteiger partial charge is 0.399 e. The summed E-state index contributed by atoms with van der Waals surface area (Å²) in [5.41, 5.74) is 6.56. The van der Waals surface area contributed by atoms with Crippen LogP contribution in [0.5, 0.6) is 0 Å². The quantitative estimate of drug-likeness (QED) is 0.649. The van der Waals surface area contributed by atoms with Gasteiger partial charge in [-0.05, 0) is 38.1 Å². The minimum absolute atomic E-state index is 0.0249. The first-order valence-electron chi connectivity index (χ1n) is 6.49. The van der Waals surface area contributed by atoms with Crippen LogP contribution < -0.4 is 11.1 Å². The maximum atomic E-state index is 11.9. The molecule has 1 rings (SSSR count). The number of aliphatic hydroxyl groups excluding tert-OH is 1. The highest BCUT2D eigenvalue weighted by Gasteiger charge is 2.17. The van der Waals surface area contributed by atoms with Crippen molar-refractivity contribution < 1.29 is 14.7 Å². The van der Waals surface area contributed by atoms with Crippen LogP contribution in [0.1, 0.15) is 24.2 Å². The summed E-state index contributed by atoms with van der Waals surface area (Å²) in [6.07, 6.45) is 0. The van der Waals surface area contributed by atoms with Crippen molar-refractivity contribution in [1.82, 2.24) is 10.2 Å². The summed E-state index contributed by atoms with van der Waals surface area (Å²) in [5.74, 6) is -0.552. The van der Waals surface area contributed by atoms with Crippen molar-refractivity contribution in [3.8, 4) is 0 Å². The Morgan fingerprint density at radius 1 is 1.30 bits per heavy atom. The Labute approximate surface area is 118 Å². The SMILES string of the molecule is CC(C)N(CCO)C(=O)CNC(=O)c1ccc(N)cc1. The predicted octanol–water partition coefficient (Wildman–Crippen LogP) is 0.228. The van der Waals surface area contributed by atoms with Gasteiger partial charge in [-0.3, -0.25) is 9.59 Å². The van der Waals surface area contributed by atoms with Crippen LogP contribution in [0, 0.1) is 0 Å².